The van der Waals surface area contributed by atoms with E-state index in [4.69, 9.17) is 14.2 Å². The van der Waals surface area contributed by atoms with Crippen LogP contribution in [0.2, 0.25) is 0 Å². The summed E-state index contributed by atoms with van der Waals surface area (Å²) >= 11 is 0. The van der Waals surface area contributed by atoms with Crippen LogP contribution in [-0.4, -0.2) is 36.5 Å². The Bertz CT molecular complexity index is 365. The van der Waals surface area contributed by atoms with Gasteiger partial charge in [0.15, 0.2) is 6.10 Å². The first kappa shape index (κ1) is 15.8. The number of hydrogen-bond donors (Lipinski definition) is 0. The summed E-state index contributed by atoms with van der Waals surface area (Å²) in [6.07, 6.45) is 5.70. The molecule has 2 rings (SSSR count). The number of carbonyl (C=O) groups is 1. The molecule has 0 spiro atoms. The van der Waals surface area contributed by atoms with E-state index in [1.54, 1.807) is 0 Å². The third-order valence-corrected chi connectivity index (χ3v) is 4.76. The average Bonchev–Trinajstić information content (AvgIpc) is 3.22. The minimum atomic E-state index is -0.344. The van der Waals surface area contributed by atoms with Crippen LogP contribution in [0.1, 0.15) is 59.8 Å². The molecule has 0 aromatic heterocycles. The van der Waals surface area contributed by atoms with Crippen LogP contribution in [0.3, 0.4) is 0 Å². The van der Waals surface area contributed by atoms with Gasteiger partial charge < -0.3 is 14.2 Å². The van der Waals surface area contributed by atoms with E-state index in [2.05, 4.69) is 20.8 Å². The molecule has 2 saturated heterocycles. The van der Waals surface area contributed by atoms with Crippen LogP contribution in [0, 0.1) is 5.92 Å². The Morgan fingerprint density at radius 1 is 1.25 bits per heavy atom. The highest BCUT2D eigenvalue weighted by atomic mass is 16.6. The second-order valence-corrected chi connectivity index (χ2v) is 7.12. The molecule has 2 fully saturated rings. The van der Waals surface area contributed by atoms with Crippen LogP contribution >= 0.6 is 0 Å². The van der Waals surface area contributed by atoms with Gasteiger partial charge in [-0.15, -0.1) is 0 Å². The molecule has 1 unspecified atom stereocenters. The van der Waals surface area contributed by atoms with Gasteiger partial charge in [-0.05, 0) is 46.0 Å². The molecule has 0 radical (unpaired) electrons. The zero-order valence-electron chi connectivity index (χ0n) is 13.4. The van der Waals surface area contributed by atoms with Crippen molar-refractivity contribution in [3.05, 3.63) is 0 Å². The minimum absolute atomic E-state index is 0.114. The molecule has 4 nitrogen and oxygen atoms in total. The topological polar surface area (TPSA) is 51.4 Å². The fourth-order valence-corrected chi connectivity index (χ4v) is 2.95. The molecule has 0 amide bonds. The van der Waals surface area contributed by atoms with E-state index in [0.29, 0.717) is 12.0 Å². The normalized spacial score (nSPS) is 35.5. The molecule has 4 heteroatoms. The number of ether oxygens (including phenoxy) is 3. The van der Waals surface area contributed by atoms with Gasteiger partial charge in [0.2, 0.25) is 0 Å². The highest BCUT2D eigenvalue weighted by molar-refractivity contribution is 5.79. The van der Waals surface area contributed by atoms with E-state index in [9.17, 15) is 4.79 Å². The van der Waals surface area contributed by atoms with Crippen LogP contribution in [0.25, 0.3) is 0 Å². The van der Waals surface area contributed by atoms with Gasteiger partial charge in [-0.25, -0.2) is 4.79 Å². The van der Waals surface area contributed by atoms with Crippen molar-refractivity contribution in [2.24, 2.45) is 5.92 Å². The molecule has 0 aliphatic carbocycles. The number of carbonyl (C=O) groups excluding carboxylic acids is 1. The van der Waals surface area contributed by atoms with E-state index in [1.807, 2.05) is 6.92 Å². The van der Waals surface area contributed by atoms with Gasteiger partial charge in [-0.1, -0.05) is 19.8 Å². The molecule has 20 heavy (non-hydrogen) atoms. The first-order chi connectivity index (χ1) is 9.28. The second kappa shape index (κ2) is 5.64. The van der Waals surface area contributed by atoms with Crippen molar-refractivity contribution in [2.45, 2.75) is 83.2 Å². The summed E-state index contributed by atoms with van der Waals surface area (Å²) in [5.41, 5.74) is -0.169. The zero-order valence-corrected chi connectivity index (χ0v) is 13.4. The quantitative estimate of drug-likeness (QED) is 0.508. The number of methoxy groups -OCH3 is 1. The molecule has 116 valence electrons. The molecule has 0 N–H and O–H groups in total. The molecular formula is C16H28O4. The van der Waals surface area contributed by atoms with Crippen LogP contribution < -0.4 is 0 Å². The first-order valence-electron chi connectivity index (χ1n) is 7.72. The SMILES string of the molecule is COC(=O)[C@@H]1O[C@@]1(C)CCC[C@@H](C)CCC1OC1(C)C. The number of esters is 1. The molecular weight excluding hydrogens is 256 g/mol. The standard InChI is InChI=1S/C16H28O4/c1-11(8-9-12-15(2,3)19-12)7-6-10-16(4)13(20-16)14(17)18-5/h11-13H,6-10H2,1-5H3/t11-,12?,13+,16+/m1/s1. The summed E-state index contributed by atoms with van der Waals surface area (Å²) in [5.74, 6) is 0.461. The lowest BCUT2D eigenvalue weighted by molar-refractivity contribution is -0.142. The second-order valence-electron chi connectivity index (χ2n) is 7.12. The largest absolute Gasteiger partial charge is 0.467 e. The van der Waals surface area contributed by atoms with Crippen molar-refractivity contribution >= 4 is 5.97 Å². The summed E-state index contributed by atoms with van der Waals surface area (Å²) in [7, 11) is 1.41. The minimum Gasteiger partial charge on any atom is -0.467 e. The van der Waals surface area contributed by atoms with Crippen LogP contribution in [0.4, 0.5) is 0 Å². The molecule has 0 aromatic rings. The lowest BCUT2D eigenvalue weighted by Gasteiger charge is -2.12. The summed E-state index contributed by atoms with van der Waals surface area (Å²) in [6, 6.07) is 0. The maximum atomic E-state index is 11.4. The van der Waals surface area contributed by atoms with Crippen LogP contribution in [0.5, 0.6) is 0 Å². The van der Waals surface area contributed by atoms with E-state index >= 15 is 0 Å². The summed E-state index contributed by atoms with van der Waals surface area (Å²) in [4.78, 5) is 11.4. The Balaban J connectivity index is 1.56. The summed E-state index contributed by atoms with van der Waals surface area (Å²) in [5, 5.41) is 0. The Hall–Kier alpha value is -0.610. The highest BCUT2D eigenvalue weighted by Crippen LogP contribution is 2.42. The van der Waals surface area contributed by atoms with Gasteiger partial charge in [-0.3, -0.25) is 0 Å². The van der Waals surface area contributed by atoms with Crippen molar-refractivity contribution < 1.29 is 19.0 Å². The third kappa shape index (κ3) is 3.73. The Morgan fingerprint density at radius 3 is 2.45 bits per heavy atom. The smallest absolute Gasteiger partial charge is 0.338 e. The Labute approximate surface area is 122 Å². The maximum absolute atomic E-state index is 11.4. The van der Waals surface area contributed by atoms with E-state index in [0.717, 1.165) is 19.3 Å². The lowest BCUT2D eigenvalue weighted by atomic mass is 9.92. The van der Waals surface area contributed by atoms with Crippen LogP contribution in [0.15, 0.2) is 0 Å². The summed E-state index contributed by atoms with van der Waals surface area (Å²) in [6.45, 7) is 8.60. The molecule has 2 heterocycles. The van der Waals surface area contributed by atoms with Gasteiger partial charge >= 0.3 is 5.97 Å². The van der Waals surface area contributed by atoms with Crippen molar-refractivity contribution in [1.29, 1.82) is 0 Å². The molecule has 0 aromatic carbocycles. The number of hydrogen-bond acceptors (Lipinski definition) is 4. The fourth-order valence-electron chi connectivity index (χ4n) is 2.95. The average molecular weight is 284 g/mol. The fraction of sp³-hybridized carbons (Fsp3) is 0.938. The van der Waals surface area contributed by atoms with Crippen LogP contribution in [-0.2, 0) is 19.0 Å². The van der Waals surface area contributed by atoms with Gasteiger partial charge in [0.25, 0.3) is 0 Å². The third-order valence-electron chi connectivity index (χ3n) is 4.76. The van der Waals surface area contributed by atoms with Gasteiger partial charge in [0.1, 0.15) is 5.60 Å². The first-order valence-corrected chi connectivity index (χ1v) is 7.72. The Morgan fingerprint density at radius 2 is 1.90 bits per heavy atom. The number of epoxide rings is 2. The zero-order chi connectivity index (χ0) is 15.0. The van der Waals surface area contributed by atoms with E-state index < -0.39 is 0 Å². The highest BCUT2D eigenvalue weighted by Gasteiger charge is 2.57. The monoisotopic (exact) mass is 284 g/mol. The molecule has 2 aliphatic heterocycles. The number of rotatable bonds is 8. The van der Waals surface area contributed by atoms with Crippen molar-refractivity contribution in [1.82, 2.24) is 0 Å². The Kier molecular flexibility index (Phi) is 4.45. The van der Waals surface area contributed by atoms with Crippen molar-refractivity contribution in [2.75, 3.05) is 7.11 Å². The predicted octanol–water partition coefficient (Wildman–Crippen LogP) is 3.08. The van der Waals surface area contributed by atoms with Crippen molar-refractivity contribution in [3.8, 4) is 0 Å². The van der Waals surface area contributed by atoms with Gasteiger partial charge in [0, 0.05) is 0 Å². The van der Waals surface area contributed by atoms with E-state index in [1.165, 1.54) is 20.0 Å². The summed E-state index contributed by atoms with van der Waals surface area (Å²) < 4.78 is 15.8. The predicted molar refractivity (Wildman–Crippen MR) is 76.5 cm³/mol. The molecule has 4 atom stereocenters. The molecule has 0 bridgehead atoms. The molecule has 0 saturated carbocycles. The van der Waals surface area contributed by atoms with Crippen molar-refractivity contribution in [3.63, 3.8) is 0 Å². The van der Waals surface area contributed by atoms with Gasteiger partial charge in [0.05, 0.1) is 18.8 Å². The lowest BCUT2D eigenvalue weighted by Crippen LogP contribution is -2.19. The van der Waals surface area contributed by atoms with Gasteiger partial charge in [-0.2, -0.15) is 0 Å². The van der Waals surface area contributed by atoms with E-state index in [-0.39, 0.29) is 23.3 Å². The maximum Gasteiger partial charge on any atom is 0.338 e. The molecule has 2 aliphatic rings.